The number of ether oxygens (including phenoxy) is 4. The van der Waals surface area contributed by atoms with E-state index in [0.29, 0.717) is 37.5 Å². The van der Waals surface area contributed by atoms with Crippen LogP contribution in [0.5, 0.6) is 0 Å². The summed E-state index contributed by atoms with van der Waals surface area (Å²) < 4.78 is 68.3. The molecule has 0 amide bonds. The Bertz CT molecular complexity index is 1950. The third-order valence-corrected chi connectivity index (χ3v) is 19.3. The van der Waals surface area contributed by atoms with Gasteiger partial charge in [-0.25, -0.2) is 9.13 Å². The molecule has 0 fully saturated rings. The van der Waals surface area contributed by atoms with E-state index >= 15 is 0 Å². The van der Waals surface area contributed by atoms with Gasteiger partial charge in [-0.05, 0) is 69.1 Å². The van der Waals surface area contributed by atoms with Gasteiger partial charge in [-0.2, -0.15) is 0 Å². The third kappa shape index (κ3) is 68.5. The van der Waals surface area contributed by atoms with Crippen LogP contribution in [0.25, 0.3) is 0 Å². The molecular formula is C76H144O17P2. The van der Waals surface area contributed by atoms with Gasteiger partial charge in [0.1, 0.15) is 19.3 Å². The molecular weight excluding hydrogens is 1250 g/mol. The standard InChI is InChI=1S/C76H144O17P2/c1-8-10-11-12-13-14-15-16-21-25-28-31-34-43-50-57-73(78)86-63-71(92-75(80)59-52-45-35-32-29-26-23-20-18-17-19-22-24-27-30-33-42-49-56-69(7)9-2)65-90-94(82,83)88-61-70(77)62-89-95(84,85)91-66-72(93-76(81)60-53-46-39-37-41-48-55-68(5)6)64-87-74(79)58-51-44-38-36-40-47-54-67(3)4/h14-16,21,67-72,77H,8-13,17-20,22-66H2,1-7H3,(H,82,83)(H,84,85)/b15-14-,21-16-/t69?,70-,71-,72-/m1/s1. The Morgan fingerprint density at radius 1 is 0.347 bits per heavy atom. The van der Waals surface area contributed by atoms with E-state index in [9.17, 15) is 43.2 Å². The predicted molar refractivity (Wildman–Crippen MR) is 386 cm³/mol. The molecule has 0 aromatic heterocycles. The molecule has 0 aromatic carbocycles. The molecule has 0 saturated carbocycles. The number of allylic oxidation sites excluding steroid dienone is 4. The minimum absolute atomic E-state index is 0.0986. The Morgan fingerprint density at radius 3 is 0.937 bits per heavy atom. The van der Waals surface area contributed by atoms with E-state index in [0.717, 1.165) is 121 Å². The highest BCUT2D eigenvalue weighted by molar-refractivity contribution is 7.47. The number of phosphoric ester groups is 2. The smallest absolute Gasteiger partial charge is 0.462 e. The first-order chi connectivity index (χ1) is 45.8. The van der Waals surface area contributed by atoms with Crippen molar-refractivity contribution in [1.82, 2.24) is 0 Å². The van der Waals surface area contributed by atoms with Crippen LogP contribution < -0.4 is 0 Å². The zero-order valence-corrected chi connectivity index (χ0v) is 63.4. The summed E-state index contributed by atoms with van der Waals surface area (Å²) in [6.45, 7) is 11.7. The van der Waals surface area contributed by atoms with Crippen molar-refractivity contribution in [2.45, 2.75) is 381 Å². The molecule has 0 aliphatic heterocycles. The maximum absolute atomic E-state index is 13.1. The summed E-state index contributed by atoms with van der Waals surface area (Å²) in [5.41, 5.74) is 0. The summed E-state index contributed by atoms with van der Waals surface area (Å²) >= 11 is 0. The van der Waals surface area contributed by atoms with Crippen LogP contribution in [-0.4, -0.2) is 96.7 Å². The van der Waals surface area contributed by atoms with Gasteiger partial charge in [0.25, 0.3) is 0 Å². The Hall–Kier alpha value is -2.46. The summed E-state index contributed by atoms with van der Waals surface area (Å²) in [6.07, 6.45) is 55.4. The minimum atomic E-state index is -4.96. The zero-order chi connectivity index (χ0) is 70.1. The SMILES string of the molecule is CCCCCC/C=C\C=C/CCCCCCCC(=O)OC[C@H](COP(=O)(O)OC[C@@H](O)COP(=O)(O)OC[C@@H](COC(=O)CCCCCCCCC(C)C)OC(=O)CCCCCCCCC(C)C)OC(=O)CCCCCCCCCCCCCCCCCCCCC(C)CC. The van der Waals surface area contributed by atoms with E-state index < -0.39 is 97.5 Å². The molecule has 0 aromatic rings. The van der Waals surface area contributed by atoms with E-state index in [1.165, 1.54) is 148 Å². The molecule has 0 saturated heterocycles. The van der Waals surface area contributed by atoms with Crippen LogP contribution >= 0.6 is 15.6 Å². The quantitative estimate of drug-likeness (QED) is 0.0169. The number of carbonyl (C=O) groups is 4. The van der Waals surface area contributed by atoms with E-state index in [2.05, 4.69) is 72.8 Å². The van der Waals surface area contributed by atoms with Crippen LogP contribution in [0.4, 0.5) is 0 Å². The molecule has 0 bridgehead atoms. The van der Waals surface area contributed by atoms with Crippen molar-refractivity contribution in [2.75, 3.05) is 39.6 Å². The van der Waals surface area contributed by atoms with E-state index in [1.54, 1.807) is 0 Å². The fraction of sp³-hybridized carbons (Fsp3) is 0.895. The number of hydrogen-bond donors (Lipinski definition) is 3. The van der Waals surface area contributed by atoms with Crippen LogP contribution in [0.3, 0.4) is 0 Å². The highest BCUT2D eigenvalue weighted by Gasteiger charge is 2.30. The molecule has 95 heavy (non-hydrogen) atoms. The number of phosphoric acid groups is 2. The average Bonchev–Trinajstić information content (AvgIpc) is 2.44. The Labute approximate surface area is 580 Å². The van der Waals surface area contributed by atoms with Crippen molar-refractivity contribution in [1.29, 1.82) is 0 Å². The highest BCUT2D eigenvalue weighted by Crippen LogP contribution is 2.45. The van der Waals surface area contributed by atoms with Crippen molar-refractivity contribution in [3.63, 3.8) is 0 Å². The Morgan fingerprint density at radius 2 is 0.621 bits per heavy atom. The topological polar surface area (TPSA) is 237 Å². The van der Waals surface area contributed by atoms with Crippen LogP contribution in [-0.2, 0) is 65.4 Å². The normalized spacial score (nSPS) is 14.5. The van der Waals surface area contributed by atoms with Gasteiger partial charge in [-0.15, -0.1) is 0 Å². The number of aliphatic hydroxyl groups excluding tert-OH is 1. The summed E-state index contributed by atoms with van der Waals surface area (Å²) in [7, 11) is -9.92. The van der Waals surface area contributed by atoms with Gasteiger partial charge in [-0.1, -0.05) is 310 Å². The molecule has 6 atom stereocenters. The van der Waals surface area contributed by atoms with Gasteiger partial charge in [0.2, 0.25) is 0 Å². The van der Waals surface area contributed by atoms with Gasteiger partial charge in [0, 0.05) is 25.7 Å². The first-order valence-corrected chi connectivity index (χ1v) is 41.7. The van der Waals surface area contributed by atoms with Gasteiger partial charge in [0.05, 0.1) is 26.4 Å². The van der Waals surface area contributed by atoms with E-state index in [1.807, 2.05) is 0 Å². The van der Waals surface area contributed by atoms with Crippen LogP contribution in [0.2, 0.25) is 0 Å². The lowest BCUT2D eigenvalue weighted by atomic mass is 9.99. The maximum atomic E-state index is 13.1. The fourth-order valence-corrected chi connectivity index (χ4v) is 12.6. The molecule has 19 heteroatoms. The Balaban J connectivity index is 5.20. The molecule has 17 nitrogen and oxygen atoms in total. The van der Waals surface area contributed by atoms with Gasteiger partial charge >= 0.3 is 39.5 Å². The van der Waals surface area contributed by atoms with Crippen molar-refractivity contribution in [3.05, 3.63) is 24.3 Å². The number of esters is 4. The van der Waals surface area contributed by atoms with Gasteiger partial charge < -0.3 is 33.8 Å². The van der Waals surface area contributed by atoms with Crippen molar-refractivity contribution >= 4 is 39.5 Å². The van der Waals surface area contributed by atoms with Crippen LogP contribution in [0.1, 0.15) is 363 Å². The molecule has 0 heterocycles. The fourth-order valence-electron chi connectivity index (χ4n) is 11.0. The first-order valence-electron chi connectivity index (χ1n) is 38.7. The van der Waals surface area contributed by atoms with Crippen LogP contribution in [0, 0.1) is 17.8 Å². The van der Waals surface area contributed by atoms with Crippen molar-refractivity contribution in [3.8, 4) is 0 Å². The second-order valence-electron chi connectivity index (χ2n) is 27.9. The predicted octanol–water partition coefficient (Wildman–Crippen LogP) is 21.7. The molecule has 560 valence electrons. The molecule has 3 N–H and O–H groups in total. The summed E-state index contributed by atoms with van der Waals surface area (Å²) in [4.78, 5) is 72.6. The average molecular weight is 1390 g/mol. The van der Waals surface area contributed by atoms with E-state index in [4.69, 9.17) is 37.0 Å². The molecule has 0 spiro atoms. The lowest BCUT2D eigenvalue weighted by Gasteiger charge is -2.21. The summed E-state index contributed by atoms with van der Waals surface area (Å²) in [6, 6.07) is 0. The van der Waals surface area contributed by atoms with Crippen molar-refractivity contribution in [2.24, 2.45) is 17.8 Å². The number of unbranched alkanes of at least 4 members (excludes halogenated alkanes) is 36. The molecule has 0 rings (SSSR count). The molecule has 0 aliphatic rings. The number of carbonyl (C=O) groups excluding carboxylic acids is 4. The number of aliphatic hydroxyl groups is 1. The van der Waals surface area contributed by atoms with Gasteiger partial charge in [-0.3, -0.25) is 37.3 Å². The molecule has 0 aliphatic carbocycles. The number of rotatable bonds is 72. The number of hydrogen-bond acceptors (Lipinski definition) is 15. The van der Waals surface area contributed by atoms with Gasteiger partial charge in [0.15, 0.2) is 12.2 Å². The first kappa shape index (κ1) is 92.5. The van der Waals surface area contributed by atoms with Crippen LogP contribution in [0.15, 0.2) is 24.3 Å². The minimum Gasteiger partial charge on any atom is -0.462 e. The molecule has 3 unspecified atom stereocenters. The highest BCUT2D eigenvalue weighted by atomic mass is 31.2. The lowest BCUT2D eigenvalue weighted by molar-refractivity contribution is -0.161. The lowest BCUT2D eigenvalue weighted by Crippen LogP contribution is -2.30. The zero-order valence-electron chi connectivity index (χ0n) is 61.6. The second-order valence-corrected chi connectivity index (χ2v) is 30.8. The summed E-state index contributed by atoms with van der Waals surface area (Å²) in [5, 5.41) is 10.6. The second kappa shape index (κ2) is 66.1. The maximum Gasteiger partial charge on any atom is 0.472 e. The Kier molecular flexibility index (Phi) is 64.4. The largest absolute Gasteiger partial charge is 0.472 e. The molecule has 0 radical (unpaired) electrons. The monoisotopic (exact) mass is 1390 g/mol. The third-order valence-electron chi connectivity index (χ3n) is 17.4. The summed E-state index contributed by atoms with van der Waals surface area (Å²) in [5.74, 6) is 0.0578. The van der Waals surface area contributed by atoms with Crippen molar-refractivity contribution < 1.29 is 80.2 Å². The van der Waals surface area contributed by atoms with E-state index in [-0.39, 0.29) is 25.7 Å².